The Kier molecular flexibility index (Phi) is 3.41. The van der Waals surface area contributed by atoms with Crippen LogP contribution < -0.4 is 5.32 Å². The molecular formula is C13H12FNO3. The van der Waals surface area contributed by atoms with E-state index in [4.69, 9.17) is 5.11 Å². The summed E-state index contributed by atoms with van der Waals surface area (Å²) in [7, 11) is 0. The zero-order valence-corrected chi connectivity index (χ0v) is 9.52. The third kappa shape index (κ3) is 3.16. The van der Waals surface area contributed by atoms with Crippen LogP contribution in [0.5, 0.6) is 0 Å². The van der Waals surface area contributed by atoms with E-state index in [2.05, 4.69) is 5.32 Å². The molecule has 2 rings (SSSR count). The molecule has 1 aliphatic carbocycles. The number of rotatable bonds is 4. The van der Waals surface area contributed by atoms with E-state index in [9.17, 15) is 14.0 Å². The van der Waals surface area contributed by atoms with Gasteiger partial charge in [-0.1, -0.05) is 6.07 Å². The number of nitrogens with one attached hydrogen (secondary N) is 1. The molecule has 0 saturated heterocycles. The largest absolute Gasteiger partial charge is 0.478 e. The Balaban J connectivity index is 2.13. The minimum atomic E-state index is -1.11. The first-order valence-electron chi connectivity index (χ1n) is 5.57. The number of carboxylic acids is 1. The van der Waals surface area contributed by atoms with Crippen LogP contribution in [-0.2, 0) is 4.79 Å². The van der Waals surface area contributed by atoms with Crippen LogP contribution in [0.2, 0.25) is 0 Å². The van der Waals surface area contributed by atoms with Gasteiger partial charge < -0.3 is 10.4 Å². The number of carbonyl (C=O) groups excluding carboxylic acids is 1. The normalized spacial score (nSPS) is 14.7. The van der Waals surface area contributed by atoms with Gasteiger partial charge in [-0.3, -0.25) is 4.79 Å². The Bertz CT molecular complexity index is 521. The highest BCUT2D eigenvalue weighted by Gasteiger charge is 2.24. The molecule has 0 heterocycles. The molecule has 0 spiro atoms. The van der Waals surface area contributed by atoms with Crippen LogP contribution in [0.25, 0.3) is 6.08 Å². The summed E-state index contributed by atoms with van der Waals surface area (Å²) in [5.74, 6) is -2.18. The van der Waals surface area contributed by atoms with Gasteiger partial charge in [0.25, 0.3) is 5.91 Å². The molecule has 0 aliphatic heterocycles. The second-order valence-corrected chi connectivity index (χ2v) is 4.16. The molecule has 1 aliphatic rings. The number of hydrogen-bond acceptors (Lipinski definition) is 2. The summed E-state index contributed by atoms with van der Waals surface area (Å²) in [6, 6.07) is 4.17. The van der Waals surface area contributed by atoms with Crippen LogP contribution in [0.15, 0.2) is 24.3 Å². The van der Waals surface area contributed by atoms with Crippen LogP contribution in [0.1, 0.15) is 28.8 Å². The lowest BCUT2D eigenvalue weighted by molar-refractivity contribution is -0.131. The molecule has 1 aromatic carbocycles. The van der Waals surface area contributed by atoms with E-state index in [0.29, 0.717) is 5.56 Å². The maximum atomic E-state index is 13.7. The van der Waals surface area contributed by atoms with Gasteiger partial charge in [0.1, 0.15) is 5.82 Å². The molecule has 1 amide bonds. The van der Waals surface area contributed by atoms with Gasteiger partial charge in [-0.15, -0.1) is 0 Å². The van der Waals surface area contributed by atoms with Crippen molar-refractivity contribution in [3.8, 4) is 0 Å². The van der Waals surface area contributed by atoms with Crippen molar-refractivity contribution >= 4 is 18.0 Å². The fourth-order valence-electron chi connectivity index (χ4n) is 1.48. The second kappa shape index (κ2) is 5.00. The van der Waals surface area contributed by atoms with E-state index < -0.39 is 17.7 Å². The van der Waals surface area contributed by atoms with Crippen molar-refractivity contribution in [2.24, 2.45) is 0 Å². The van der Waals surface area contributed by atoms with Gasteiger partial charge in [0.15, 0.2) is 0 Å². The molecule has 0 radical (unpaired) electrons. The number of halogens is 1. The van der Waals surface area contributed by atoms with Crippen molar-refractivity contribution in [3.05, 3.63) is 41.2 Å². The predicted octanol–water partition coefficient (Wildman–Crippen LogP) is 1.82. The number of carbonyl (C=O) groups is 2. The molecule has 5 heteroatoms. The highest BCUT2D eigenvalue weighted by atomic mass is 19.1. The van der Waals surface area contributed by atoms with Crippen LogP contribution in [0.4, 0.5) is 4.39 Å². The molecule has 2 N–H and O–H groups in total. The highest BCUT2D eigenvalue weighted by Crippen LogP contribution is 2.20. The van der Waals surface area contributed by atoms with Gasteiger partial charge in [-0.05, 0) is 36.6 Å². The second-order valence-electron chi connectivity index (χ2n) is 4.16. The van der Waals surface area contributed by atoms with Gasteiger partial charge >= 0.3 is 5.97 Å². The Morgan fingerprint density at radius 1 is 1.39 bits per heavy atom. The Hall–Kier alpha value is -2.17. The van der Waals surface area contributed by atoms with E-state index >= 15 is 0 Å². The third-order valence-electron chi connectivity index (χ3n) is 2.57. The minimum Gasteiger partial charge on any atom is -0.478 e. The number of hydrogen-bond donors (Lipinski definition) is 2. The average Bonchev–Trinajstić information content (AvgIpc) is 3.10. The summed E-state index contributed by atoms with van der Waals surface area (Å²) in [6.45, 7) is 0. The summed E-state index contributed by atoms with van der Waals surface area (Å²) in [5.41, 5.74) is 0.382. The van der Waals surface area contributed by atoms with Crippen molar-refractivity contribution in [2.45, 2.75) is 18.9 Å². The molecule has 4 nitrogen and oxygen atoms in total. The number of aliphatic carboxylic acids is 1. The third-order valence-corrected chi connectivity index (χ3v) is 2.57. The Labute approximate surface area is 103 Å². The van der Waals surface area contributed by atoms with Crippen LogP contribution >= 0.6 is 0 Å². The molecular weight excluding hydrogens is 237 g/mol. The van der Waals surface area contributed by atoms with Gasteiger partial charge in [0.05, 0.1) is 5.56 Å². The first kappa shape index (κ1) is 12.3. The topological polar surface area (TPSA) is 66.4 Å². The quantitative estimate of drug-likeness (QED) is 0.800. The lowest BCUT2D eigenvalue weighted by Crippen LogP contribution is -2.26. The summed E-state index contributed by atoms with van der Waals surface area (Å²) in [6.07, 6.45) is 4.06. The van der Waals surface area contributed by atoms with Gasteiger partial charge in [0, 0.05) is 12.1 Å². The molecule has 0 bridgehead atoms. The maximum absolute atomic E-state index is 13.7. The molecule has 1 aromatic rings. The van der Waals surface area contributed by atoms with E-state index in [-0.39, 0.29) is 11.6 Å². The van der Waals surface area contributed by atoms with Crippen molar-refractivity contribution in [1.29, 1.82) is 0 Å². The van der Waals surface area contributed by atoms with E-state index in [1.165, 1.54) is 18.2 Å². The lowest BCUT2D eigenvalue weighted by Gasteiger charge is -2.05. The standard InChI is InChI=1S/C13H12FNO3/c14-11-7-8(2-6-12(16)17)1-5-10(11)13(18)15-9-3-4-9/h1-2,5-7,9H,3-4H2,(H,15,18)(H,16,17)/b6-2+. The van der Waals surface area contributed by atoms with Gasteiger partial charge in [-0.2, -0.15) is 0 Å². The lowest BCUT2D eigenvalue weighted by atomic mass is 10.1. The summed E-state index contributed by atoms with van der Waals surface area (Å²) >= 11 is 0. The Morgan fingerprint density at radius 2 is 2.11 bits per heavy atom. The fourth-order valence-corrected chi connectivity index (χ4v) is 1.48. The molecule has 94 valence electrons. The zero-order chi connectivity index (χ0) is 13.1. The summed E-state index contributed by atoms with van der Waals surface area (Å²) < 4.78 is 13.7. The van der Waals surface area contributed by atoms with E-state index in [0.717, 1.165) is 25.0 Å². The van der Waals surface area contributed by atoms with Crippen LogP contribution in [-0.4, -0.2) is 23.0 Å². The Morgan fingerprint density at radius 3 is 2.67 bits per heavy atom. The molecule has 0 aromatic heterocycles. The fraction of sp³-hybridized carbons (Fsp3) is 0.231. The zero-order valence-electron chi connectivity index (χ0n) is 9.52. The van der Waals surface area contributed by atoms with Crippen LogP contribution in [0.3, 0.4) is 0 Å². The average molecular weight is 249 g/mol. The summed E-state index contributed by atoms with van der Waals surface area (Å²) in [4.78, 5) is 21.9. The molecule has 1 saturated carbocycles. The molecule has 1 fully saturated rings. The molecule has 0 unspecified atom stereocenters. The SMILES string of the molecule is O=C(O)/C=C/c1ccc(C(=O)NC2CC2)c(F)c1. The smallest absolute Gasteiger partial charge is 0.328 e. The first-order chi connectivity index (χ1) is 8.56. The number of carboxylic acid groups (broad SMARTS) is 1. The van der Waals surface area contributed by atoms with Crippen LogP contribution in [0, 0.1) is 5.82 Å². The predicted molar refractivity (Wildman–Crippen MR) is 63.6 cm³/mol. The number of benzene rings is 1. The van der Waals surface area contributed by atoms with Crippen molar-refractivity contribution in [2.75, 3.05) is 0 Å². The van der Waals surface area contributed by atoms with E-state index in [1.807, 2.05) is 0 Å². The van der Waals surface area contributed by atoms with Crippen molar-refractivity contribution in [1.82, 2.24) is 5.32 Å². The highest BCUT2D eigenvalue weighted by molar-refractivity contribution is 5.95. The van der Waals surface area contributed by atoms with Crippen molar-refractivity contribution < 1.29 is 19.1 Å². The molecule has 0 atom stereocenters. The van der Waals surface area contributed by atoms with E-state index in [1.54, 1.807) is 0 Å². The first-order valence-corrected chi connectivity index (χ1v) is 5.57. The van der Waals surface area contributed by atoms with Gasteiger partial charge in [-0.25, -0.2) is 9.18 Å². The monoisotopic (exact) mass is 249 g/mol. The number of amides is 1. The minimum absolute atomic E-state index is 0.0191. The molecule has 18 heavy (non-hydrogen) atoms. The maximum Gasteiger partial charge on any atom is 0.328 e. The van der Waals surface area contributed by atoms with Gasteiger partial charge in [0.2, 0.25) is 0 Å². The van der Waals surface area contributed by atoms with Crippen molar-refractivity contribution in [3.63, 3.8) is 0 Å². The summed E-state index contributed by atoms with van der Waals surface area (Å²) in [5, 5.41) is 11.1.